The van der Waals surface area contributed by atoms with Crippen LogP contribution in [0.1, 0.15) is 13.8 Å². The van der Waals surface area contributed by atoms with E-state index in [1.807, 2.05) is 0 Å². The van der Waals surface area contributed by atoms with E-state index in [-0.39, 0.29) is 0 Å². The number of nitrogens with one attached hydrogen (secondary N) is 1. The average Bonchev–Trinajstić information content (AvgIpc) is 2.10. The number of methoxy groups -OCH3 is 1. The van der Waals surface area contributed by atoms with E-state index in [2.05, 4.69) is 31.1 Å². The minimum absolute atomic E-state index is 0.604. The normalized spacial score (nSPS) is 13.8. The van der Waals surface area contributed by atoms with E-state index in [0.29, 0.717) is 6.04 Å². The molecule has 0 radical (unpaired) electrons. The molecule has 12 heavy (non-hydrogen) atoms. The van der Waals surface area contributed by atoms with E-state index in [9.17, 15) is 0 Å². The molecule has 0 heterocycles. The topological polar surface area (TPSA) is 24.5 Å². The summed E-state index contributed by atoms with van der Waals surface area (Å²) in [6.07, 6.45) is 0. The largest absolute Gasteiger partial charge is 0.383 e. The number of ether oxygens (including phenoxy) is 1. The first-order valence-corrected chi connectivity index (χ1v) is 4.62. The Morgan fingerprint density at radius 2 is 2.17 bits per heavy atom. The van der Waals surface area contributed by atoms with Gasteiger partial charge >= 0.3 is 0 Å². The lowest BCUT2D eigenvalue weighted by Gasteiger charge is -2.23. The molecule has 0 aliphatic carbocycles. The van der Waals surface area contributed by atoms with Crippen molar-refractivity contribution in [2.75, 3.05) is 40.4 Å². The van der Waals surface area contributed by atoms with Crippen LogP contribution in [0.25, 0.3) is 0 Å². The Kier molecular flexibility index (Phi) is 7.45. The zero-order valence-electron chi connectivity index (χ0n) is 8.76. The number of hydrogen-bond acceptors (Lipinski definition) is 3. The van der Waals surface area contributed by atoms with Crippen LogP contribution in [0.5, 0.6) is 0 Å². The van der Waals surface area contributed by atoms with Gasteiger partial charge in [0.05, 0.1) is 6.61 Å². The van der Waals surface area contributed by atoms with Gasteiger partial charge in [0.2, 0.25) is 0 Å². The van der Waals surface area contributed by atoms with Crippen molar-refractivity contribution in [1.82, 2.24) is 10.2 Å². The van der Waals surface area contributed by atoms with E-state index < -0.39 is 0 Å². The standard InChI is InChI=1S/C9H22N2O/c1-5-11(3)9(2)8-10-6-7-12-4/h9-10H,5-8H2,1-4H3. The first kappa shape index (κ1) is 11.9. The van der Waals surface area contributed by atoms with Crippen molar-refractivity contribution in [2.45, 2.75) is 19.9 Å². The third-order valence-corrected chi connectivity index (χ3v) is 2.17. The van der Waals surface area contributed by atoms with Gasteiger partial charge in [0.15, 0.2) is 0 Å². The molecular weight excluding hydrogens is 152 g/mol. The van der Waals surface area contributed by atoms with Crippen LogP contribution in [0.3, 0.4) is 0 Å². The first-order chi connectivity index (χ1) is 5.72. The second kappa shape index (κ2) is 7.53. The Hall–Kier alpha value is -0.120. The Balaban J connectivity index is 3.24. The smallest absolute Gasteiger partial charge is 0.0587 e. The van der Waals surface area contributed by atoms with E-state index >= 15 is 0 Å². The second-order valence-corrected chi connectivity index (χ2v) is 3.12. The molecule has 3 nitrogen and oxygen atoms in total. The third-order valence-electron chi connectivity index (χ3n) is 2.17. The van der Waals surface area contributed by atoms with Crippen molar-refractivity contribution >= 4 is 0 Å². The van der Waals surface area contributed by atoms with Crippen molar-refractivity contribution in [3.05, 3.63) is 0 Å². The van der Waals surface area contributed by atoms with Gasteiger partial charge < -0.3 is 15.0 Å². The highest BCUT2D eigenvalue weighted by molar-refractivity contribution is 4.64. The molecule has 0 spiro atoms. The highest BCUT2D eigenvalue weighted by atomic mass is 16.5. The zero-order chi connectivity index (χ0) is 9.40. The number of likely N-dealkylation sites (N-methyl/N-ethyl adjacent to an activating group) is 1. The molecule has 0 amide bonds. The van der Waals surface area contributed by atoms with Crippen molar-refractivity contribution in [1.29, 1.82) is 0 Å². The predicted molar refractivity (Wildman–Crippen MR) is 52.5 cm³/mol. The number of rotatable bonds is 7. The average molecular weight is 174 g/mol. The molecule has 0 saturated carbocycles. The molecule has 0 aromatic rings. The lowest BCUT2D eigenvalue weighted by Crippen LogP contribution is -2.38. The van der Waals surface area contributed by atoms with Crippen molar-refractivity contribution in [2.24, 2.45) is 0 Å². The Morgan fingerprint density at radius 3 is 2.67 bits per heavy atom. The molecule has 1 unspecified atom stereocenters. The monoisotopic (exact) mass is 174 g/mol. The summed E-state index contributed by atoms with van der Waals surface area (Å²) in [7, 11) is 3.87. The molecule has 0 aromatic heterocycles. The van der Waals surface area contributed by atoms with Gasteiger partial charge in [0.1, 0.15) is 0 Å². The Bertz CT molecular complexity index is 98.5. The maximum atomic E-state index is 4.93. The van der Waals surface area contributed by atoms with Gasteiger partial charge in [-0.05, 0) is 20.5 Å². The van der Waals surface area contributed by atoms with E-state index in [4.69, 9.17) is 4.74 Å². The molecule has 3 heteroatoms. The summed E-state index contributed by atoms with van der Waals surface area (Å²) in [6.45, 7) is 8.27. The maximum absolute atomic E-state index is 4.93. The molecule has 74 valence electrons. The summed E-state index contributed by atoms with van der Waals surface area (Å²) in [5.41, 5.74) is 0. The molecule has 1 N–H and O–H groups in total. The number of nitrogens with zero attached hydrogens (tertiary/aromatic N) is 1. The van der Waals surface area contributed by atoms with Gasteiger partial charge in [-0.3, -0.25) is 0 Å². The summed E-state index contributed by atoms with van der Waals surface area (Å²) >= 11 is 0. The fraction of sp³-hybridized carbons (Fsp3) is 1.00. The van der Waals surface area contributed by atoms with Crippen LogP contribution >= 0.6 is 0 Å². The lowest BCUT2D eigenvalue weighted by molar-refractivity contribution is 0.193. The Morgan fingerprint density at radius 1 is 1.50 bits per heavy atom. The minimum atomic E-state index is 0.604. The van der Waals surface area contributed by atoms with Gasteiger partial charge in [-0.1, -0.05) is 6.92 Å². The van der Waals surface area contributed by atoms with Gasteiger partial charge in [-0.15, -0.1) is 0 Å². The SMILES string of the molecule is CCN(C)C(C)CNCCOC. The third kappa shape index (κ3) is 5.52. The molecule has 0 aromatic carbocycles. The highest BCUT2D eigenvalue weighted by Gasteiger charge is 2.04. The predicted octanol–water partition coefficient (Wildman–Crippen LogP) is 0.563. The summed E-state index contributed by atoms with van der Waals surface area (Å²) < 4.78 is 4.93. The van der Waals surface area contributed by atoms with E-state index in [1.165, 1.54) is 0 Å². The van der Waals surface area contributed by atoms with Crippen molar-refractivity contribution in [3.8, 4) is 0 Å². The second-order valence-electron chi connectivity index (χ2n) is 3.12. The van der Waals surface area contributed by atoms with Crippen LogP contribution in [0.2, 0.25) is 0 Å². The molecule has 0 aliphatic heterocycles. The molecular formula is C9H22N2O. The fourth-order valence-corrected chi connectivity index (χ4v) is 0.953. The summed E-state index contributed by atoms with van der Waals surface area (Å²) in [5.74, 6) is 0. The van der Waals surface area contributed by atoms with Crippen LogP contribution in [0.4, 0.5) is 0 Å². The van der Waals surface area contributed by atoms with Gasteiger partial charge in [-0.25, -0.2) is 0 Å². The van der Waals surface area contributed by atoms with E-state index in [0.717, 1.165) is 26.2 Å². The van der Waals surface area contributed by atoms with Crippen LogP contribution in [-0.4, -0.2) is 51.3 Å². The summed E-state index contributed by atoms with van der Waals surface area (Å²) in [5, 5.41) is 3.33. The molecule has 1 atom stereocenters. The minimum Gasteiger partial charge on any atom is -0.383 e. The van der Waals surface area contributed by atoms with Crippen molar-refractivity contribution < 1.29 is 4.74 Å². The zero-order valence-corrected chi connectivity index (χ0v) is 8.76. The molecule has 0 bridgehead atoms. The first-order valence-electron chi connectivity index (χ1n) is 4.62. The van der Waals surface area contributed by atoms with Crippen molar-refractivity contribution in [3.63, 3.8) is 0 Å². The van der Waals surface area contributed by atoms with E-state index in [1.54, 1.807) is 7.11 Å². The van der Waals surface area contributed by atoms with Crippen LogP contribution < -0.4 is 5.32 Å². The summed E-state index contributed by atoms with van der Waals surface area (Å²) in [6, 6.07) is 0.604. The maximum Gasteiger partial charge on any atom is 0.0587 e. The molecule has 0 fully saturated rings. The van der Waals surface area contributed by atoms with Crippen LogP contribution in [0, 0.1) is 0 Å². The van der Waals surface area contributed by atoms with Gasteiger partial charge in [0.25, 0.3) is 0 Å². The fourth-order valence-electron chi connectivity index (χ4n) is 0.953. The number of hydrogen-bond donors (Lipinski definition) is 1. The quantitative estimate of drug-likeness (QED) is 0.571. The van der Waals surface area contributed by atoms with Gasteiger partial charge in [0, 0.05) is 26.2 Å². The van der Waals surface area contributed by atoms with Crippen LogP contribution in [-0.2, 0) is 4.74 Å². The molecule has 0 rings (SSSR count). The Labute approximate surface area is 76.1 Å². The van der Waals surface area contributed by atoms with Crippen LogP contribution in [0.15, 0.2) is 0 Å². The summed E-state index contributed by atoms with van der Waals surface area (Å²) in [4.78, 5) is 2.32. The lowest BCUT2D eigenvalue weighted by atomic mass is 10.3. The molecule has 0 aliphatic rings. The highest BCUT2D eigenvalue weighted by Crippen LogP contribution is 1.91. The molecule has 0 saturated heterocycles. The van der Waals surface area contributed by atoms with Gasteiger partial charge in [-0.2, -0.15) is 0 Å².